The molecule has 0 aliphatic heterocycles. The van der Waals surface area contributed by atoms with Gasteiger partial charge in [-0.05, 0) is 48.9 Å². The number of sulfonamides is 1. The summed E-state index contributed by atoms with van der Waals surface area (Å²) in [5.41, 5.74) is 1.04. The molecule has 0 spiro atoms. The fourth-order valence-electron chi connectivity index (χ4n) is 2.66. The zero-order valence-electron chi connectivity index (χ0n) is 17.6. The summed E-state index contributed by atoms with van der Waals surface area (Å²) in [5.74, 6) is -1.04. The van der Waals surface area contributed by atoms with Crippen LogP contribution < -0.4 is 5.32 Å². The van der Waals surface area contributed by atoms with Gasteiger partial charge in [-0.15, -0.1) is 11.8 Å². The molecule has 2 aromatic carbocycles. The molecule has 168 valence electrons. The molecular weight excluding hydrogens is 460 g/mol. The van der Waals surface area contributed by atoms with E-state index in [0.717, 1.165) is 4.90 Å². The van der Waals surface area contributed by atoms with Crippen LogP contribution in [0.25, 0.3) is 0 Å². The lowest BCUT2D eigenvalue weighted by atomic mass is 10.2. The number of amides is 1. The van der Waals surface area contributed by atoms with Crippen molar-refractivity contribution in [1.29, 1.82) is 0 Å². The molecule has 2 aromatic rings. The van der Waals surface area contributed by atoms with Crippen molar-refractivity contribution >= 4 is 50.9 Å². The second-order valence-corrected chi connectivity index (χ2v) is 9.94. The summed E-state index contributed by atoms with van der Waals surface area (Å²) in [5, 5.41) is 3.22. The van der Waals surface area contributed by atoms with E-state index in [1.807, 2.05) is 0 Å². The highest BCUT2D eigenvalue weighted by atomic mass is 35.5. The lowest BCUT2D eigenvalue weighted by Gasteiger charge is -2.19. The molecule has 0 saturated carbocycles. The molecule has 10 heteroatoms. The van der Waals surface area contributed by atoms with Crippen molar-refractivity contribution in [3.05, 3.63) is 53.1 Å². The molecular formula is C21H25ClN2O5S2. The average molecular weight is 485 g/mol. The Kier molecular flexibility index (Phi) is 9.36. The standard InChI is InChI=1S/C21H25ClN2O5S2/c1-4-24(5-2)31(27,28)18-11-6-15(3)19(12-18)23-20(25)13-29-21(26)14-30-17-9-7-16(22)8-10-17/h6-12H,4-5,13-14H2,1-3H3,(H,23,25). The van der Waals surface area contributed by atoms with Crippen molar-refractivity contribution in [2.24, 2.45) is 0 Å². The van der Waals surface area contributed by atoms with Crippen LogP contribution in [-0.2, 0) is 24.3 Å². The summed E-state index contributed by atoms with van der Waals surface area (Å²) in [6.45, 7) is 5.50. The minimum atomic E-state index is -3.65. The van der Waals surface area contributed by atoms with Crippen molar-refractivity contribution in [3.63, 3.8) is 0 Å². The molecule has 0 fully saturated rings. The molecule has 2 rings (SSSR count). The van der Waals surface area contributed by atoms with Gasteiger partial charge in [0.05, 0.1) is 10.6 Å². The Labute approximate surface area is 192 Å². The number of rotatable bonds is 10. The number of thioether (sulfide) groups is 1. The van der Waals surface area contributed by atoms with E-state index in [2.05, 4.69) is 5.32 Å². The summed E-state index contributed by atoms with van der Waals surface area (Å²) in [6.07, 6.45) is 0. The van der Waals surface area contributed by atoms with Gasteiger partial charge in [-0.3, -0.25) is 9.59 Å². The Morgan fingerprint density at radius 3 is 2.35 bits per heavy atom. The summed E-state index contributed by atoms with van der Waals surface area (Å²) >= 11 is 7.09. The molecule has 0 bridgehead atoms. The average Bonchev–Trinajstić information content (AvgIpc) is 2.74. The van der Waals surface area contributed by atoms with Gasteiger partial charge in [0.25, 0.3) is 5.91 Å². The number of anilines is 1. The number of ether oxygens (including phenoxy) is 1. The second-order valence-electron chi connectivity index (χ2n) is 6.52. The zero-order chi connectivity index (χ0) is 23.0. The number of halogens is 1. The van der Waals surface area contributed by atoms with E-state index in [1.165, 1.54) is 28.2 Å². The zero-order valence-corrected chi connectivity index (χ0v) is 19.9. The Morgan fingerprint density at radius 2 is 1.74 bits per heavy atom. The van der Waals surface area contributed by atoms with Crippen molar-refractivity contribution < 1.29 is 22.7 Å². The molecule has 0 saturated heterocycles. The Bertz CT molecular complexity index is 1020. The molecule has 0 radical (unpaired) electrons. The number of carbonyl (C=O) groups excluding carboxylic acids is 2. The molecule has 1 N–H and O–H groups in total. The van der Waals surface area contributed by atoms with Crippen LogP contribution in [0, 0.1) is 6.92 Å². The lowest BCUT2D eigenvalue weighted by Crippen LogP contribution is -2.30. The van der Waals surface area contributed by atoms with E-state index in [0.29, 0.717) is 29.4 Å². The van der Waals surface area contributed by atoms with Gasteiger partial charge in [0, 0.05) is 28.7 Å². The smallest absolute Gasteiger partial charge is 0.316 e. The molecule has 0 aliphatic carbocycles. The molecule has 31 heavy (non-hydrogen) atoms. The van der Waals surface area contributed by atoms with Gasteiger partial charge in [0.15, 0.2) is 6.61 Å². The number of aryl methyl sites for hydroxylation is 1. The van der Waals surface area contributed by atoms with E-state index in [4.69, 9.17) is 16.3 Å². The van der Waals surface area contributed by atoms with E-state index in [9.17, 15) is 18.0 Å². The molecule has 1 amide bonds. The maximum Gasteiger partial charge on any atom is 0.316 e. The van der Waals surface area contributed by atoms with Crippen LogP contribution in [0.4, 0.5) is 5.69 Å². The largest absolute Gasteiger partial charge is 0.455 e. The number of hydrogen-bond acceptors (Lipinski definition) is 6. The van der Waals surface area contributed by atoms with Crippen LogP contribution in [0.3, 0.4) is 0 Å². The fourth-order valence-corrected chi connectivity index (χ4v) is 4.96. The Morgan fingerprint density at radius 1 is 1.10 bits per heavy atom. The van der Waals surface area contributed by atoms with Gasteiger partial charge in [0.1, 0.15) is 0 Å². The van der Waals surface area contributed by atoms with Crippen LogP contribution in [0.5, 0.6) is 0 Å². The molecule has 0 aromatic heterocycles. The molecule has 0 heterocycles. The predicted octanol–water partition coefficient (Wildman–Crippen LogP) is 3.95. The molecule has 0 atom stereocenters. The van der Waals surface area contributed by atoms with Gasteiger partial charge >= 0.3 is 5.97 Å². The predicted molar refractivity (Wildman–Crippen MR) is 123 cm³/mol. The summed E-state index contributed by atoms with van der Waals surface area (Å²) in [7, 11) is -3.65. The van der Waals surface area contributed by atoms with Crippen molar-refractivity contribution in [2.45, 2.75) is 30.6 Å². The van der Waals surface area contributed by atoms with Gasteiger partial charge in [-0.2, -0.15) is 4.31 Å². The van der Waals surface area contributed by atoms with Gasteiger partial charge in [-0.25, -0.2) is 8.42 Å². The van der Waals surface area contributed by atoms with Crippen LogP contribution >= 0.6 is 23.4 Å². The minimum Gasteiger partial charge on any atom is -0.455 e. The van der Waals surface area contributed by atoms with Crippen molar-refractivity contribution in [1.82, 2.24) is 4.31 Å². The SMILES string of the molecule is CCN(CC)S(=O)(=O)c1ccc(C)c(NC(=O)COC(=O)CSc2ccc(Cl)cc2)c1. The van der Waals surface area contributed by atoms with Gasteiger partial charge in [0.2, 0.25) is 10.0 Å². The number of nitrogens with zero attached hydrogens (tertiary/aromatic N) is 1. The highest BCUT2D eigenvalue weighted by molar-refractivity contribution is 8.00. The fraction of sp³-hybridized carbons (Fsp3) is 0.333. The first-order chi connectivity index (χ1) is 14.7. The highest BCUT2D eigenvalue weighted by Crippen LogP contribution is 2.23. The Balaban J connectivity index is 1.94. The van der Waals surface area contributed by atoms with Gasteiger partial charge in [-0.1, -0.05) is 31.5 Å². The maximum absolute atomic E-state index is 12.7. The molecule has 7 nitrogen and oxygen atoms in total. The first-order valence-corrected chi connectivity index (χ1v) is 12.4. The maximum atomic E-state index is 12.7. The highest BCUT2D eigenvalue weighted by Gasteiger charge is 2.22. The first-order valence-electron chi connectivity index (χ1n) is 9.62. The number of esters is 1. The third-order valence-electron chi connectivity index (χ3n) is 4.36. The third kappa shape index (κ3) is 7.24. The molecule has 0 unspecified atom stereocenters. The van der Waals surface area contributed by atoms with E-state index >= 15 is 0 Å². The topological polar surface area (TPSA) is 92.8 Å². The summed E-state index contributed by atoms with van der Waals surface area (Å²) < 4.78 is 31.7. The number of nitrogens with one attached hydrogen (secondary N) is 1. The lowest BCUT2D eigenvalue weighted by molar-refractivity contribution is -0.144. The number of benzene rings is 2. The quantitative estimate of drug-likeness (QED) is 0.405. The summed E-state index contributed by atoms with van der Waals surface area (Å²) in [4.78, 5) is 25.1. The third-order valence-corrected chi connectivity index (χ3v) is 7.64. The number of hydrogen-bond donors (Lipinski definition) is 1. The summed E-state index contributed by atoms with van der Waals surface area (Å²) in [6, 6.07) is 11.6. The minimum absolute atomic E-state index is 0.0472. The van der Waals surface area contributed by atoms with Crippen LogP contribution in [0.15, 0.2) is 52.3 Å². The van der Waals surface area contributed by atoms with Crippen LogP contribution in [0.2, 0.25) is 5.02 Å². The second kappa shape index (κ2) is 11.5. The Hall–Kier alpha value is -2.07. The monoisotopic (exact) mass is 484 g/mol. The normalized spacial score (nSPS) is 11.4. The number of carbonyl (C=O) groups is 2. The molecule has 0 aliphatic rings. The van der Waals surface area contributed by atoms with Crippen molar-refractivity contribution in [3.8, 4) is 0 Å². The van der Waals surface area contributed by atoms with E-state index in [-0.39, 0.29) is 10.6 Å². The first kappa shape index (κ1) is 25.2. The van der Waals surface area contributed by atoms with Crippen molar-refractivity contribution in [2.75, 3.05) is 30.8 Å². The van der Waals surface area contributed by atoms with E-state index in [1.54, 1.807) is 51.1 Å². The van der Waals surface area contributed by atoms with Gasteiger partial charge < -0.3 is 10.1 Å². The van der Waals surface area contributed by atoms with Crippen LogP contribution in [-0.4, -0.2) is 50.0 Å². The van der Waals surface area contributed by atoms with E-state index < -0.39 is 28.5 Å². The van der Waals surface area contributed by atoms with Crippen LogP contribution in [0.1, 0.15) is 19.4 Å².